The van der Waals surface area contributed by atoms with Crippen LogP contribution in [-0.4, -0.2) is 43.7 Å². The Balaban J connectivity index is 1.29. The normalized spacial score (nSPS) is 17.0. The van der Waals surface area contributed by atoms with Crippen molar-refractivity contribution in [2.45, 2.75) is 25.9 Å². The van der Waals surface area contributed by atoms with Crippen LogP contribution >= 0.6 is 0 Å². The largest absolute Gasteiger partial charge is 0.337 e. The molecule has 2 amide bonds. The number of hydrogen-bond donors (Lipinski definition) is 1. The van der Waals surface area contributed by atoms with Gasteiger partial charge in [0, 0.05) is 37.6 Å². The molecule has 0 radical (unpaired) electrons. The number of imidazole rings is 1. The lowest BCUT2D eigenvalue weighted by molar-refractivity contribution is 0.158. The van der Waals surface area contributed by atoms with Crippen molar-refractivity contribution in [2.24, 2.45) is 5.92 Å². The maximum absolute atomic E-state index is 12.5. The molecule has 1 saturated heterocycles. The zero-order valence-electron chi connectivity index (χ0n) is 15.0. The predicted octanol–water partition coefficient (Wildman–Crippen LogP) is 2.55. The SMILES string of the molecule is O=C(NCc1noc(-c2ccccc2)n1)N1CCCC(Cn2ccnc2)C1. The second-order valence-corrected chi connectivity index (χ2v) is 6.75. The lowest BCUT2D eigenvalue weighted by atomic mass is 9.98. The topological polar surface area (TPSA) is 89.1 Å². The van der Waals surface area contributed by atoms with Crippen molar-refractivity contribution in [1.82, 2.24) is 29.9 Å². The zero-order chi connectivity index (χ0) is 18.5. The first kappa shape index (κ1) is 17.3. The molecule has 0 aliphatic carbocycles. The van der Waals surface area contributed by atoms with E-state index in [0.29, 0.717) is 17.6 Å². The van der Waals surface area contributed by atoms with E-state index in [0.717, 1.165) is 38.0 Å². The van der Waals surface area contributed by atoms with E-state index in [1.165, 1.54) is 0 Å². The van der Waals surface area contributed by atoms with E-state index in [9.17, 15) is 4.79 Å². The fourth-order valence-corrected chi connectivity index (χ4v) is 3.38. The summed E-state index contributed by atoms with van der Waals surface area (Å²) >= 11 is 0. The van der Waals surface area contributed by atoms with Gasteiger partial charge in [-0.3, -0.25) is 0 Å². The number of benzene rings is 1. The molecule has 1 aliphatic heterocycles. The molecule has 1 unspecified atom stereocenters. The standard InChI is InChI=1S/C19H22N6O2/c26-19(25-9-4-5-15(13-25)12-24-10-8-20-14-24)21-11-17-22-18(27-23-17)16-6-2-1-3-7-16/h1-3,6-8,10,14-15H,4-5,9,11-13H2,(H,21,26). The molecule has 0 bridgehead atoms. The van der Waals surface area contributed by atoms with Gasteiger partial charge < -0.3 is 19.3 Å². The summed E-state index contributed by atoms with van der Waals surface area (Å²) in [6, 6.07) is 9.49. The van der Waals surface area contributed by atoms with Gasteiger partial charge in [0.1, 0.15) is 0 Å². The molecule has 0 spiro atoms. The van der Waals surface area contributed by atoms with Crippen molar-refractivity contribution in [3.63, 3.8) is 0 Å². The molecule has 1 aromatic carbocycles. The maximum atomic E-state index is 12.5. The third kappa shape index (κ3) is 4.33. The molecule has 4 rings (SSSR count). The Morgan fingerprint density at radius 1 is 1.30 bits per heavy atom. The highest BCUT2D eigenvalue weighted by molar-refractivity contribution is 5.74. The van der Waals surface area contributed by atoms with Gasteiger partial charge in [0.15, 0.2) is 5.82 Å². The van der Waals surface area contributed by atoms with Gasteiger partial charge in [0.2, 0.25) is 0 Å². The number of piperidine rings is 1. The summed E-state index contributed by atoms with van der Waals surface area (Å²) in [7, 11) is 0. The second kappa shape index (κ2) is 8.03. The van der Waals surface area contributed by atoms with E-state index in [1.54, 1.807) is 6.20 Å². The Kier molecular flexibility index (Phi) is 5.13. The van der Waals surface area contributed by atoms with Gasteiger partial charge in [0.05, 0.1) is 12.9 Å². The minimum absolute atomic E-state index is 0.0867. The van der Waals surface area contributed by atoms with Crippen molar-refractivity contribution in [3.8, 4) is 11.5 Å². The molecule has 3 heterocycles. The molecule has 2 aromatic heterocycles. The van der Waals surface area contributed by atoms with Gasteiger partial charge in [-0.05, 0) is 30.9 Å². The highest BCUT2D eigenvalue weighted by Gasteiger charge is 2.24. The van der Waals surface area contributed by atoms with Crippen LogP contribution in [0, 0.1) is 5.92 Å². The summed E-state index contributed by atoms with van der Waals surface area (Å²) in [6.07, 6.45) is 7.68. The van der Waals surface area contributed by atoms with Crippen molar-refractivity contribution in [2.75, 3.05) is 13.1 Å². The summed E-state index contributed by atoms with van der Waals surface area (Å²) in [5.74, 6) is 1.36. The van der Waals surface area contributed by atoms with Crippen LogP contribution in [-0.2, 0) is 13.1 Å². The van der Waals surface area contributed by atoms with Crippen LogP contribution in [0.15, 0.2) is 53.6 Å². The lowest BCUT2D eigenvalue weighted by Gasteiger charge is -2.32. The van der Waals surface area contributed by atoms with E-state index < -0.39 is 0 Å². The van der Waals surface area contributed by atoms with Crippen LogP contribution < -0.4 is 5.32 Å². The molecule has 1 atom stereocenters. The van der Waals surface area contributed by atoms with Crippen LogP contribution in [0.4, 0.5) is 4.79 Å². The first-order valence-corrected chi connectivity index (χ1v) is 9.14. The minimum atomic E-state index is -0.0867. The second-order valence-electron chi connectivity index (χ2n) is 6.75. The summed E-state index contributed by atoms with van der Waals surface area (Å²) in [6.45, 7) is 2.65. The number of nitrogens with zero attached hydrogens (tertiary/aromatic N) is 5. The van der Waals surface area contributed by atoms with Crippen molar-refractivity contribution < 1.29 is 9.32 Å². The number of aromatic nitrogens is 4. The number of urea groups is 1. The minimum Gasteiger partial charge on any atom is -0.337 e. The summed E-state index contributed by atoms with van der Waals surface area (Å²) in [5, 5.41) is 6.84. The average Bonchev–Trinajstić information content (AvgIpc) is 3.39. The first-order valence-electron chi connectivity index (χ1n) is 9.14. The molecule has 140 valence electrons. The molecular formula is C19H22N6O2. The lowest BCUT2D eigenvalue weighted by Crippen LogP contribution is -2.46. The highest BCUT2D eigenvalue weighted by Crippen LogP contribution is 2.19. The Morgan fingerprint density at radius 2 is 2.19 bits per heavy atom. The van der Waals surface area contributed by atoms with Gasteiger partial charge >= 0.3 is 6.03 Å². The smallest absolute Gasteiger partial charge is 0.317 e. The maximum Gasteiger partial charge on any atom is 0.317 e. The number of likely N-dealkylation sites (tertiary alicyclic amines) is 1. The van der Waals surface area contributed by atoms with Crippen LogP contribution in [0.5, 0.6) is 0 Å². The van der Waals surface area contributed by atoms with Crippen LogP contribution in [0.25, 0.3) is 11.5 Å². The van der Waals surface area contributed by atoms with E-state index >= 15 is 0 Å². The summed E-state index contributed by atoms with van der Waals surface area (Å²) < 4.78 is 7.34. The van der Waals surface area contributed by atoms with Crippen molar-refractivity contribution in [3.05, 3.63) is 54.9 Å². The Bertz CT molecular complexity index is 861. The number of rotatable bonds is 5. The van der Waals surface area contributed by atoms with E-state index in [2.05, 4.69) is 25.0 Å². The molecule has 8 heteroatoms. The predicted molar refractivity (Wildman–Crippen MR) is 98.5 cm³/mol. The molecule has 3 aromatic rings. The van der Waals surface area contributed by atoms with E-state index in [-0.39, 0.29) is 12.6 Å². The number of carbonyl (C=O) groups excluding carboxylic acids is 1. The third-order valence-corrected chi connectivity index (χ3v) is 4.72. The van der Waals surface area contributed by atoms with Crippen LogP contribution in [0.3, 0.4) is 0 Å². The van der Waals surface area contributed by atoms with Crippen molar-refractivity contribution >= 4 is 6.03 Å². The number of hydrogen-bond acceptors (Lipinski definition) is 5. The molecule has 1 aliphatic rings. The van der Waals surface area contributed by atoms with Crippen LogP contribution in [0.2, 0.25) is 0 Å². The van der Waals surface area contributed by atoms with Crippen molar-refractivity contribution in [1.29, 1.82) is 0 Å². The van der Waals surface area contributed by atoms with Gasteiger partial charge in [-0.1, -0.05) is 23.4 Å². The molecule has 27 heavy (non-hydrogen) atoms. The zero-order valence-corrected chi connectivity index (χ0v) is 15.0. The van der Waals surface area contributed by atoms with Gasteiger partial charge in [0.25, 0.3) is 5.89 Å². The van der Waals surface area contributed by atoms with E-state index in [4.69, 9.17) is 4.52 Å². The summed E-state index contributed by atoms with van der Waals surface area (Å²) in [5.41, 5.74) is 0.862. The van der Waals surface area contributed by atoms with Gasteiger partial charge in [-0.2, -0.15) is 4.98 Å². The number of nitrogens with one attached hydrogen (secondary N) is 1. The average molecular weight is 366 g/mol. The van der Waals surface area contributed by atoms with Crippen LogP contribution in [0.1, 0.15) is 18.7 Å². The fraction of sp³-hybridized carbons (Fsp3) is 0.368. The fourth-order valence-electron chi connectivity index (χ4n) is 3.38. The van der Waals surface area contributed by atoms with Gasteiger partial charge in [-0.25, -0.2) is 9.78 Å². The Labute approximate surface area is 157 Å². The summed E-state index contributed by atoms with van der Waals surface area (Å²) in [4.78, 5) is 22.8. The third-order valence-electron chi connectivity index (χ3n) is 4.72. The molecule has 1 fully saturated rings. The monoisotopic (exact) mass is 366 g/mol. The molecule has 1 N–H and O–H groups in total. The molecular weight excluding hydrogens is 344 g/mol. The Hall–Kier alpha value is -3.16. The quantitative estimate of drug-likeness (QED) is 0.750. The molecule has 8 nitrogen and oxygen atoms in total. The Morgan fingerprint density at radius 3 is 3.00 bits per heavy atom. The highest BCUT2D eigenvalue weighted by atomic mass is 16.5. The number of amides is 2. The number of carbonyl (C=O) groups is 1. The first-order chi connectivity index (χ1) is 13.3. The van der Waals surface area contributed by atoms with E-state index in [1.807, 2.05) is 47.8 Å². The van der Waals surface area contributed by atoms with Gasteiger partial charge in [-0.15, -0.1) is 0 Å². The molecule has 0 saturated carbocycles.